The number of methoxy groups -OCH3 is 1. The van der Waals surface area contributed by atoms with E-state index in [1.807, 2.05) is 19.9 Å². The van der Waals surface area contributed by atoms with Crippen molar-refractivity contribution in [3.8, 4) is 17.3 Å². The summed E-state index contributed by atoms with van der Waals surface area (Å²) >= 11 is 0. The fourth-order valence-electron chi connectivity index (χ4n) is 8.24. The first-order valence-electron chi connectivity index (χ1n) is 19.9. The Morgan fingerprint density at radius 1 is 1.13 bits per heavy atom. The molecule has 7 rings (SSSR count). The van der Waals surface area contributed by atoms with E-state index in [-0.39, 0.29) is 42.4 Å². The van der Waals surface area contributed by atoms with E-state index in [0.29, 0.717) is 49.7 Å². The number of halogens is 3. The Morgan fingerprint density at radius 2 is 1.88 bits per heavy atom. The summed E-state index contributed by atoms with van der Waals surface area (Å²) in [4.78, 5) is 61.1. The van der Waals surface area contributed by atoms with E-state index < -0.39 is 86.0 Å². The van der Waals surface area contributed by atoms with E-state index in [0.717, 1.165) is 16.9 Å². The number of sulfonamides is 1. The van der Waals surface area contributed by atoms with Crippen LogP contribution >= 0.6 is 0 Å². The minimum absolute atomic E-state index is 0.0376. The Labute approximate surface area is 344 Å². The number of rotatable bonds is 9. The molecule has 2 aromatic heterocycles. The lowest BCUT2D eigenvalue weighted by atomic mass is 9.85. The first-order chi connectivity index (χ1) is 28.3. The van der Waals surface area contributed by atoms with Crippen molar-refractivity contribution in [3.63, 3.8) is 0 Å². The molecule has 1 saturated heterocycles. The van der Waals surface area contributed by atoms with Crippen molar-refractivity contribution in [1.29, 1.82) is 0 Å². The lowest BCUT2D eigenvalue weighted by molar-refractivity contribution is -0.142. The van der Waals surface area contributed by atoms with Crippen LogP contribution in [-0.4, -0.2) is 99.1 Å². The summed E-state index contributed by atoms with van der Waals surface area (Å²) in [6.07, 6.45) is 0.548. The van der Waals surface area contributed by atoms with Gasteiger partial charge in [0.2, 0.25) is 21.8 Å². The number of carbonyl (C=O) groups is 4. The first kappa shape index (κ1) is 42.7. The molecule has 4 aliphatic rings. The average molecular weight is 860 g/mol. The summed E-state index contributed by atoms with van der Waals surface area (Å²) < 4.78 is 80.9. The van der Waals surface area contributed by atoms with Gasteiger partial charge in [-0.2, -0.15) is 18.3 Å². The molecule has 3 aromatic rings. The zero-order valence-electron chi connectivity index (χ0n) is 33.5. The molecule has 2 aliphatic carbocycles. The molecule has 1 aromatic carbocycles. The number of pyridine rings is 1. The van der Waals surface area contributed by atoms with Crippen LogP contribution < -0.4 is 24.8 Å². The van der Waals surface area contributed by atoms with E-state index in [9.17, 15) is 45.9 Å². The SMILES string of the molecule is CC[C@@H]1C[C@H](C)CC/C=C\[C@@H]2C[C@@]2(C(=O)NS(=O)(=O)C2(C)CC2)NC(=O)[C@@H]2C[C@@H](Oc3cc(-n4ccc(C(F)(F)F)n4)nc4cc(OC)ccc34)CN2C(=O)[C@H]1NC(=O)O. The predicted molar refractivity (Wildman–Crippen MR) is 210 cm³/mol. The smallest absolute Gasteiger partial charge is 0.435 e. The van der Waals surface area contributed by atoms with E-state index in [4.69, 9.17) is 9.47 Å². The Balaban J connectivity index is 1.26. The standard InChI is InChI=1S/C40H48F3N7O9S/c1-5-23-16-22(2)8-6-7-9-24-20-39(24,36(53)48-60(56,57)38(3)13-14-38)46-34(51)29-18-26(21-49(29)35(52)33(23)45-37(54)55)59-30-19-32(50-15-12-31(47-50)40(41,42)43)44-28-17-25(58-4)10-11-27(28)30/h7,9-12,15,17,19,22-24,26,29,33,45H,5-6,8,13-14,16,18,20-21H2,1-4H3,(H,46,51)(H,48,53)(H,54,55)/b9-7-/t22-,23-,24-,26-,29+,33+,39-/m1/s1. The van der Waals surface area contributed by atoms with Crippen LogP contribution in [0.3, 0.4) is 0 Å². The minimum atomic E-state index is -4.72. The largest absolute Gasteiger partial charge is 0.497 e. The number of carbonyl (C=O) groups excluding carboxylic acids is 3. The number of amides is 4. The van der Waals surface area contributed by atoms with Gasteiger partial charge in [0.15, 0.2) is 11.5 Å². The minimum Gasteiger partial charge on any atom is -0.497 e. The number of hydrogen-bond acceptors (Lipinski definition) is 10. The van der Waals surface area contributed by atoms with Crippen molar-refractivity contribution in [2.75, 3.05) is 13.7 Å². The molecule has 0 bridgehead atoms. The Morgan fingerprint density at radius 3 is 2.53 bits per heavy atom. The van der Waals surface area contributed by atoms with Crippen LogP contribution in [-0.2, 0) is 30.6 Å². The van der Waals surface area contributed by atoms with Crippen LogP contribution in [0.25, 0.3) is 16.7 Å². The molecule has 4 amide bonds. The molecule has 20 heteroatoms. The zero-order valence-corrected chi connectivity index (χ0v) is 34.3. The number of allylic oxidation sites excluding steroid dienone is 1. The van der Waals surface area contributed by atoms with Crippen molar-refractivity contribution in [2.24, 2.45) is 17.8 Å². The summed E-state index contributed by atoms with van der Waals surface area (Å²) in [6.45, 7) is 5.15. The molecule has 7 atom stereocenters. The summed E-state index contributed by atoms with van der Waals surface area (Å²) in [7, 11) is -2.65. The third-order valence-electron chi connectivity index (χ3n) is 12.3. The molecule has 60 heavy (non-hydrogen) atoms. The van der Waals surface area contributed by atoms with Gasteiger partial charge in [-0.1, -0.05) is 32.4 Å². The van der Waals surface area contributed by atoms with Gasteiger partial charge in [-0.05, 0) is 75.5 Å². The number of nitrogens with one attached hydrogen (secondary N) is 3. The second kappa shape index (κ2) is 15.9. The quantitative estimate of drug-likeness (QED) is 0.217. The number of nitrogens with zero attached hydrogens (tertiary/aromatic N) is 4. The van der Waals surface area contributed by atoms with Crippen molar-refractivity contribution >= 4 is 44.7 Å². The molecule has 324 valence electrons. The number of carboxylic acid groups (broad SMARTS) is 1. The summed E-state index contributed by atoms with van der Waals surface area (Å²) in [6, 6.07) is 4.42. The van der Waals surface area contributed by atoms with Crippen molar-refractivity contribution in [2.45, 2.75) is 107 Å². The van der Waals surface area contributed by atoms with Crippen LogP contribution in [0.2, 0.25) is 0 Å². The number of alkyl halides is 3. The van der Waals surface area contributed by atoms with Crippen LogP contribution in [0.1, 0.15) is 77.8 Å². The van der Waals surface area contributed by atoms with Crippen LogP contribution in [0, 0.1) is 17.8 Å². The van der Waals surface area contributed by atoms with E-state index in [1.165, 1.54) is 25.0 Å². The van der Waals surface area contributed by atoms with Gasteiger partial charge < -0.3 is 30.1 Å². The van der Waals surface area contributed by atoms with Gasteiger partial charge >= 0.3 is 12.3 Å². The van der Waals surface area contributed by atoms with Crippen molar-refractivity contribution in [3.05, 3.63) is 54.4 Å². The lowest BCUT2D eigenvalue weighted by Crippen LogP contribution is -2.59. The lowest BCUT2D eigenvalue weighted by Gasteiger charge is -2.33. The molecular weight excluding hydrogens is 812 g/mol. The molecule has 3 fully saturated rings. The number of ether oxygens (including phenoxy) is 2. The van der Waals surface area contributed by atoms with E-state index in [1.54, 1.807) is 24.3 Å². The molecule has 4 N–H and O–H groups in total. The number of benzene rings is 1. The number of aromatic nitrogens is 3. The first-order valence-corrected chi connectivity index (χ1v) is 21.4. The normalized spacial score (nSPS) is 28.6. The monoisotopic (exact) mass is 859 g/mol. The van der Waals surface area contributed by atoms with Gasteiger partial charge in [-0.25, -0.2) is 22.9 Å². The fraction of sp³-hybridized carbons (Fsp3) is 0.550. The number of hydrogen-bond donors (Lipinski definition) is 4. The maximum Gasteiger partial charge on any atom is 0.435 e. The second-order valence-electron chi connectivity index (χ2n) is 16.6. The molecule has 0 unspecified atom stereocenters. The summed E-state index contributed by atoms with van der Waals surface area (Å²) in [5.74, 6) is -2.83. The van der Waals surface area contributed by atoms with E-state index >= 15 is 0 Å². The van der Waals surface area contributed by atoms with Gasteiger partial charge in [-0.3, -0.25) is 19.1 Å². The highest BCUT2D eigenvalue weighted by atomic mass is 32.2. The molecule has 4 heterocycles. The average Bonchev–Trinajstić information content (AvgIpc) is 3.95. The van der Waals surface area contributed by atoms with Crippen LogP contribution in [0.5, 0.6) is 11.5 Å². The Kier molecular flexibility index (Phi) is 11.3. The summed E-state index contributed by atoms with van der Waals surface area (Å²) in [5, 5.41) is 19.2. The third-order valence-corrected chi connectivity index (χ3v) is 14.4. The number of fused-ring (bicyclic) bond motifs is 3. The van der Waals surface area contributed by atoms with Crippen LogP contribution in [0.4, 0.5) is 18.0 Å². The van der Waals surface area contributed by atoms with Gasteiger partial charge in [0.25, 0.3) is 5.91 Å². The van der Waals surface area contributed by atoms with E-state index in [2.05, 4.69) is 25.4 Å². The second-order valence-corrected chi connectivity index (χ2v) is 18.8. The van der Waals surface area contributed by atoms with Crippen molar-refractivity contribution < 1.29 is 55.3 Å². The maximum atomic E-state index is 14.7. The van der Waals surface area contributed by atoms with Crippen LogP contribution in [0.15, 0.2) is 48.7 Å². The molecule has 2 aliphatic heterocycles. The topological polar surface area (TPSA) is 211 Å². The maximum absolute atomic E-state index is 14.7. The zero-order chi connectivity index (χ0) is 43.4. The molecular formula is C40H48F3N7O9S. The highest BCUT2D eigenvalue weighted by molar-refractivity contribution is 7.91. The molecule has 16 nitrogen and oxygen atoms in total. The molecule has 2 saturated carbocycles. The Bertz CT molecular complexity index is 2330. The van der Waals surface area contributed by atoms with Gasteiger partial charge in [-0.15, -0.1) is 0 Å². The molecule has 0 spiro atoms. The van der Waals surface area contributed by atoms with Gasteiger partial charge in [0, 0.05) is 36.1 Å². The van der Waals surface area contributed by atoms with Crippen molar-refractivity contribution in [1.82, 2.24) is 35.0 Å². The van der Waals surface area contributed by atoms with Gasteiger partial charge in [0.1, 0.15) is 35.2 Å². The highest BCUT2D eigenvalue weighted by Crippen LogP contribution is 2.48. The summed E-state index contributed by atoms with van der Waals surface area (Å²) in [5.41, 5.74) is -2.52. The van der Waals surface area contributed by atoms with Gasteiger partial charge in [0.05, 0.1) is 23.9 Å². The molecule has 0 radical (unpaired) electrons. The Hall–Kier alpha value is -5.40. The third kappa shape index (κ3) is 8.47. The fourth-order valence-corrected chi connectivity index (χ4v) is 9.55. The highest BCUT2D eigenvalue weighted by Gasteiger charge is 2.63. The predicted octanol–water partition coefficient (Wildman–Crippen LogP) is 4.71.